The van der Waals surface area contributed by atoms with Crippen molar-refractivity contribution in [1.82, 2.24) is 10.3 Å². The predicted molar refractivity (Wildman–Crippen MR) is 120 cm³/mol. The number of aromatic nitrogens is 1. The van der Waals surface area contributed by atoms with Gasteiger partial charge in [0.25, 0.3) is 5.91 Å². The van der Waals surface area contributed by atoms with Gasteiger partial charge in [0.2, 0.25) is 5.91 Å². The molecule has 2 aromatic carbocycles. The molecule has 2 amide bonds. The third-order valence-corrected chi connectivity index (χ3v) is 5.81. The lowest BCUT2D eigenvalue weighted by atomic mass is 10.1. The van der Waals surface area contributed by atoms with E-state index >= 15 is 0 Å². The van der Waals surface area contributed by atoms with Crippen LogP contribution in [0, 0.1) is 0 Å². The van der Waals surface area contributed by atoms with Crippen molar-refractivity contribution < 1.29 is 19.1 Å². The smallest absolute Gasteiger partial charge is 0.253 e. The topological polar surface area (TPSA) is 89.5 Å². The fourth-order valence-electron chi connectivity index (χ4n) is 3.21. The van der Waals surface area contributed by atoms with E-state index in [1.165, 1.54) is 11.3 Å². The Morgan fingerprint density at radius 3 is 2.65 bits per heavy atom. The van der Waals surface area contributed by atoms with Gasteiger partial charge in [0.1, 0.15) is 5.01 Å². The molecule has 7 nitrogen and oxygen atoms in total. The monoisotopic (exact) mass is 437 g/mol. The number of benzene rings is 2. The van der Waals surface area contributed by atoms with Crippen molar-refractivity contribution in [3.63, 3.8) is 0 Å². The van der Waals surface area contributed by atoms with E-state index in [9.17, 15) is 9.59 Å². The van der Waals surface area contributed by atoms with Crippen LogP contribution in [0.15, 0.2) is 47.8 Å². The third-order valence-electron chi connectivity index (χ3n) is 4.89. The first-order valence-electron chi connectivity index (χ1n) is 9.94. The second-order valence-corrected chi connectivity index (χ2v) is 8.06. The van der Waals surface area contributed by atoms with Crippen LogP contribution >= 0.6 is 11.3 Å². The second kappa shape index (κ2) is 9.18. The molecule has 0 atom stereocenters. The molecule has 1 aliphatic carbocycles. The fraction of sp³-hybridized carbons (Fsp3) is 0.261. The maximum Gasteiger partial charge on any atom is 0.253 e. The van der Waals surface area contributed by atoms with Gasteiger partial charge in [-0.05, 0) is 37.1 Å². The first-order valence-corrected chi connectivity index (χ1v) is 10.8. The third kappa shape index (κ3) is 4.86. The van der Waals surface area contributed by atoms with Crippen molar-refractivity contribution in [2.45, 2.75) is 25.3 Å². The maximum atomic E-state index is 12.6. The molecule has 0 radical (unpaired) electrons. The lowest BCUT2D eigenvalue weighted by Gasteiger charge is -2.11. The van der Waals surface area contributed by atoms with Crippen molar-refractivity contribution >= 4 is 28.8 Å². The largest absolute Gasteiger partial charge is 0.493 e. The molecule has 0 saturated heterocycles. The number of ether oxygens (including phenoxy) is 2. The molecule has 1 heterocycles. The van der Waals surface area contributed by atoms with Gasteiger partial charge in [-0.25, -0.2) is 4.98 Å². The van der Waals surface area contributed by atoms with Crippen LogP contribution in [0.25, 0.3) is 10.6 Å². The fourth-order valence-corrected chi connectivity index (χ4v) is 4.05. The van der Waals surface area contributed by atoms with Gasteiger partial charge in [0.05, 0.1) is 43.1 Å². The van der Waals surface area contributed by atoms with Gasteiger partial charge in [-0.3, -0.25) is 9.59 Å². The number of thiazole rings is 1. The molecule has 160 valence electrons. The molecule has 2 N–H and O–H groups in total. The highest BCUT2D eigenvalue weighted by Crippen LogP contribution is 2.39. The number of rotatable bonds is 8. The lowest BCUT2D eigenvalue weighted by molar-refractivity contribution is -0.115. The van der Waals surface area contributed by atoms with Crippen molar-refractivity contribution in [3.05, 3.63) is 59.1 Å². The number of para-hydroxylation sites is 2. The number of methoxy groups -OCH3 is 2. The summed E-state index contributed by atoms with van der Waals surface area (Å²) in [4.78, 5) is 29.7. The molecule has 0 unspecified atom stereocenters. The average Bonchev–Trinajstić information content (AvgIpc) is 3.48. The minimum Gasteiger partial charge on any atom is -0.493 e. The van der Waals surface area contributed by atoms with Gasteiger partial charge in [0, 0.05) is 11.4 Å². The summed E-state index contributed by atoms with van der Waals surface area (Å²) < 4.78 is 10.8. The standard InChI is InChI=1S/C23H23N3O4S/c1-29-19-9-5-7-17(21(19)30-2)23-25-15(13-31-23)12-20(27)26-18-8-4-3-6-16(18)22(28)24-14-10-11-14/h3-9,13-14H,10-12H2,1-2H3,(H,24,28)(H,26,27). The maximum absolute atomic E-state index is 12.6. The Morgan fingerprint density at radius 2 is 1.90 bits per heavy atom. The quantitative estimate of drug-likeness (QED) is 0.558. The molecule has 4 rings (SSSR count). The van der Waals surface area contributed by atoms with E-state index in [2.05, 4.69) is 15.6 Å². The first kappa shape index (κ1) is 20.9. The lowest BCUT2D eigenvalue weighted by Crippen LogP contribution is -2.27. The van der Waals surface area contributed by atoms with Gasteiger partial charge in [-0.15, -0.1) is 11.3 Å². The molecule has 0 bridgehead atoms. The number of anilines is 1. The minimum atomic E-state index is -0.235. The van der Waals surface area contributed by atoms with E-state index < -0.39 is 0 Å². The van der Waals surface area contributed by atoms with E-state index in [1.807, 2.05) is 23.6 Å². The SMILES string of the molecule is COc1cccc(-c2nc(CC(=O)Nc3ccccc3C(=O)NC3CC3)cs2)c1OC. The van der Waals surface area contributed by atoms with E-state index in [0.717, 1.165) is 23.4 Å². The van der Waals surface area contributed by atoms with E-state index in [-0.39, 0.29) is 24.3 Å². The Hall–Kier alpha value is -3.39. The molecule has 0 aliphatic heterocycles. The van der Waals surface area contributed by atoms with Gasteiger partial charge in [-0.1, -0.05) is 18.2 Å². The van der Waals surface area contributed by atoms with Crippen molar-refractivity contribution in [1.29, 1.82) is 0 Å². The number of hydrogen-bond acceptors (Lipinski definition) is 6. The van der Waals surface area contributed by atoms with Crippen LogP contribution < -0.4 is 20.1 Å². The Morgan fingerprint density at radius 1 is 1.10 bits per heavy atom. The molecule has 1 saturated carbocycles. The van der Waals surface area contributed by atoms with Crippen LogP contribution in [0.2, 0.25) is 0 Å². The zero-order valence-corrected chi connectivity index (χ0v) is 18.1. The van der Waals surface area contributed by atoms with E-state index in [1.54, 1.807) is 38.5 Å². The number of carbonyl (C=O) groups excluding carboxylic acids is 2. The molecular formula is C23H23N3O4S. The summed E-state index contributed by atoms with van der Waals surface area (Å²) in [5.41, 5.74) is 2.40. The van der Waals surface area contributed by atoms with Crippen LogP contribution in [0.5, 0.6) is 11.5 Å². The zero-order valence-electron chi connectivity index (χ0n) is 17.3. The molecule has 1 aromatic heterocycles. The summed E-state index contributed by atoms with van der Waals surface area (Å²) in [6, 6.07) is 12.9. The molecule has 1 fully saturated rings. The summed E-state index contributed by atoms with van der Waals surface area (Å²) in [7, 11) is 3.17. The Balaban J connectivity index is 1.47. The predicted octanol–water partition coefficient (Wildman–Crippen LogP) is 3.90. The molecule has 31 heavy (non-hydrogen) atoms. The molecule has 0 spiro atoms. The van der Waals surface area contributed by atoms with Crippen LogP contribution in [-0.4, -0.2) is 37.1 Å². The van der Waals surface area contributed by atoms with Gasteiger partial charge in [-0.2, -0.15) is 0 Å². The highest BCUT2D eigenvalue weighted by molar-refractivity contribution is 7.13. The first-order chi connectivity index (χ1) is 15.1. The number of amides is 2. The van der Waals surface area contributed by atoms with Crippen molar-refractivity contribution in [2.24, 2.45) is 0 Å². The Labute approximate surface area is 184 Å². The number of carbonyl (C=O) groups is 2. The zero-order chi connectivity index (χ0) is 21.8. The summed E-state index contributed by atoms with van der Waals surface area (Å²) >= 11 is 1.43. The van der Waals surface area contributed by atoms with Crippen LogP contribution in [0.3, 0.4) is 0 Å². The van der Waals surface area contributed by atoms with Gasteiger partial charge >= 0.3 is 0 Å². The highest BCUT2D eigenvalue weighted by atomic mass is 32.1. The molecular weight excluding hydrogens is 414 g/mol. The van der Waals surface area contributed by atoms with E-state index in [4.69, 9.17) is 9.47 Å². The second-order valence-electron chi connectivity index (χ2n) is 7.20. The molecule has 8 heteroatoms. The molecule has 1 aliphatic rings. The number of nitrogens with one attached hydrogen (secondary N) is 2. The summed E-state index contributed by atoms with van der Waals surface area (Å²) in [5, 5.41) is 8.38. The van der Waals surface area contributed by atoms with Crippen molar-refractivity contribution in [3.8, 4) is 22.1 Å². The Kier molecular flexibility index (Phi) is 6.18. The van der Waals surface area contributed by atoms with Gasteiger partial charge in [0.15, 0.2) is 11.5 Å². The Bertz CT molecular complexity index is 1110. The highest BCUT2D eigenvalue weighted by Gasteiger charge is 2.25. The van der Waals surface area contributed by atoms with Crippen LogP contribution in [0.1, 0.15) is 28.9 Å². The summed E-state index contributed by atoms with van der Waals surface area (Å²) in [6.45, 7) is 0. The van der Waals surface area contributed by atoms with E-state index in [0.29, 0.717) is 28.4 Å². The number of nitrogens with zero attached hydrogens (tertiary/aromatic N) is 1. The molecule has 3 aromatic rings. The normalized spacial score (nSPS) is 12.8. The minimum absolute atomic E-state index is 0.0986. The summed E-state index contributed by atoms with van der Waals surface area (Å²) in [5.74, 6) is 0.821. The number of hydrogen-bond donors (Lipinski definition) is 2. The summed E-state index contributed by atoms with van der Waals surface area (Å²) in [6.07, 6.45) is 2.11. The average molecular weight is 438 g/mol. The van der Waals surface area contributed by atoms with Gasteiger partial charge < -0.3 is 20.1 Å². The van der Waals surface area contributed by atoms with Crippen molar-refractivity contribution in [2.75, 3.05) is 19.5 Å². The van der Waals surface area contributed by atoms with Crippen LogP contribution in [-0.2, 0) is 11.2 Å². The van der Waals surface area contributed by atoms with Crippen LogP contribution in [0.4, 0.5) is 5.69 Å².